The molecule has 35 heteroatoms. The van der Waals surface area contributed by atoms with Crippen LogP contribution in [0.2, 0.25) is 5.02 Å². The van der Waals surface area contributed by atoms with E-state index >= 15 is 0 Å². The van der Waals surface area contributed by atoms with E-state index in [-0.39, 0.29) is 40.5 Å². The Morgan fingerprint density at radius 1 is 0.342 bits per heavy atom. The van der Waals surface area contributed by atoms with Crippen LogP contribution in [0.5, 0.6) is 69.3 Å². The summed E-state index contributed by atoms with van der Waals surface area (Å²) in [6, 6.07) is 49.9. The molecular weight excluding hydrogens is 1690 g/mol. The molecule has 0 radical (unpaired) electrons. The molecule has 8 aromatic carbocycles. The average molecular weight is 1770 g/mol. The van der Waals surface area contributed by atoms with Gasteiger partial charge in [0.05, 0.1) is 101 Å². The van der Waals surface area contributed by atoms with E-state index in [9.17, 15) is 19.2 Å². The molecule has 4 amide bonds. The molecule has 12 aromatic rings. The SMILES string of the molecule is C=CC(=O)Nc1cccc(Nc2nc(Nc3cccc(OC)c3OC)ncc2Br)c1.C=CC(=O)Nc1cccc(Nc2nc(Nc3cccc(OC)c3OC)ncc2C)c1.C=CC(=O)Nc1cccc(Oc2nc(Nc3ccc(OC)cc3OC)ncc2Br)c1.C=CC(=O)Nc1cccc(Oc2nc(Nc3ccc(OC)cc3OC)ncc2Cl)c1. The van der Waals surface area contributed by atoms with Crippen molar-refractivity contribution < 1.29 is 66.5 Å². The molecule has 0 aliphatic rings. The quantitative estimate of drug-likeness (QED) is 0.0175. The summed E-state index contributed by atoms with van der Waals surface area (Å²) in [6.07, 6.45) is 11.2. The van der Waals surface area contributed by atoms with E-state index < -0.39 is 0 Å². The number of aryl methyl sites for hydroxylation is 1. The number of para-hydroxylation sites is 2. The van der Waals surface area contributed by atoms with Gasteiger partial charge in [0.1, 0.15) is 51.2 Å². The highest BCUT2D eigenvalue weighted by molar-refractivity contribution is 9.11. The lowest BCUT2D eigenvalue weighted by Gasteiger charge is -2.15. The molecule has 0 spiro atoms. The Morgan fingerprint density at radius 2 is 0.700 bits per heavy atom. The summed E-state index contributed by atoms with van der Waals surface area (Å²) in [5.41, 5.74) is 7.42. The lowest BCUT2D eigenvalue weighted by molar-refractivity contribution is -0.112. The van der Waals surface area contributed by atoms with Crippen molar-refractivity contribution in [1.82, 2.24) is 39.9 Å². The molecule has 120 heavy (non-hydrogen) atoms. The number of halogens is 3. The first kappa shape index (κ1) is 88.9. The van der Waals surface area contributed by atoms with E-state index in [0.717, 1.165) is 16.9 Å². The number of carbonyl (C=O) groups is 4. The van der Waals surface area contributed by atoms with Crippen LogP contribution in [0.4, 0.5) is 92.3 Å². The van der Waals surface area contributed by atoms with Crippen molar-refractivity contribution in [1.29, 1.82) is 0 Å². The standard InChI is InChI=1S/C22H23N5O3.C21H20BrN5O3.C21H19BrN4O4.C21H19ClN4O4/c1-5-19(28)24-15-8-6-9-16(12-15)25-21-14(2)13-23-22(27-21)26-17-10-7-11-18(29-3)20(17)30-4;1-4-18(28)24-13-7-5-8-14(11-13)25-20-15(22)12-23-21(27-20)26-16-9-6-10-17(29-2)19(16)30-3;2*1-4-19(27)24-13-6-5-7-15(10-13)30-20-16(22)12-23-21(26-20)25-17-9-8-14(28-2)11-18(17)29-3/h5-13H,1H2,2-4H3,(H,24,28)(H2,23,25,26,27);4-12H,1H2,2-3H3,(H,24,28)(H2,23,25,26,27);2*4-12H,1H2,2-3H3,(H,24,27)(H,23,25,26). The Balaban J connectivity index is 0.000000182. The number of aromatic nitrogens is 8. The number of amides is 4. The molecule has 0 saturated heterocycles. The normalized spacial score (nSPS) is 10.1. The molecule has 12 rings (SSSR count). The van der Waals surface area contributed by atoms with Gasteiger partial charge in [-0.2, -0.15) is 19.9 Å². The minimum Gasteiger partial charge on any atom is -0.497 e. The van der Waals surface area contributed by atoms with Crippen LogP contribution in [0, 0.1) is 6.92 Å². The number of nitrogens with zero attached hydrogens (tertiary/aromatic N) is 8. The molecule has 0 fully saturated rings. The number of ether oxygens (including phenoxy) is 10. The maximum atomic E-state index is 11.5. The van der Waals surface area contributed by atoms with Gasteiger partial charge in [0.25, 0.3) is 0 Å². The molecule has 0 aliphatic heterocycles. The topological polar surface area (TPSA) is 384 Å². The molecule has 0 bridgehead atoms. The van der Waals surface area contributed by atoms with Gasteiger partial charge in [-0.1, -0.05) is 74.3 Å². The fraction of sp³-hybridized carbons (Fsp3) is 0.106. The number of carbonyl (C=O) groups excluding carboxylic acids is 4. The zero-order valence-corrected chi connectivity index (χ0v) is 70.0. The highest BCUT2D eigenvalue weighted by Crippen LogP contribution is 2.41. The van der Waals surface area contributed by atoms with Crippen molar-refractivity contribution in [3.05, 3.63) is 265 Å². The first-order chi connectivity index (χ1) is 58.1. The molecule has 32 nitrogen and oxygen atoms in total. The van der Waals surface area contributed by atoms with Gasteiger partial charge in [-0.25, -0.2) is 19.9 Å². The Kier molecular flexibility index (Phi) is 33.1. The summed E-state index contributed by atoms with van der Waals surface area (Å²) in [6.45, 7) is 15.7. The van der Waals surface area contributed by atoms with E-state index in [2.05, 4.69) is 151 Å². The van der Waals surface area contributed by atoms with Crippen molar-refractivity contribution in [3.63, 3.8) is 0 Å². The minimum atomic E-state index is -0.327. The molecule has 0 unspecified atom stereocenters. The van der Waals surface area contributed by atoms with E-state index in [1.807, 2.05) is 61.5 Å². The van der Waals surface area contributed by atoms with Gasteiger partial charge in [0.15, 0.2) is 23.0 Å². The van der Waals surface area contributed by atoms with Gasteiger partial charge in [-0.05, 0) is 172 Å². The van der Waals surface area contributed by atoms with E-state index in [1.54, 1.807) is 191 Å². The molecule has 0 aliphatic carbocycles. The lowest BCUT2D eigenvalue weighted by atomic mass is 10.2. The Labute approximate surface area is 712 Å². The highest BCUT2D eigenvalue weighted by Gasteiger charge is 2.19. The number of anilines is 16. The van der Waals surface area contributed by atoms with Crippen LogP contribution in [-0.2, 0) is 19.2 Å². The summed E-state index contributed by atoms with van der Waals surface area (Å²) in [5, 5.41) is 30.0. The Morgan fingerprint density at radius 3 is 1.13 bits per heavy atom. The fourth-order valence-electron chi connectivity index (χ4n) is 10.3. The lowest BCUT2D eigenvalue weighted by Crippen LogP contribution is -2.07. The minimum absolute atomic E-state index is 0.147. The zero-order valence-electron chi connectivity index (χ0n) is 66.0. The highest BCUT2D eigenvalue weighted by atomic mass is 79.9. The molecule has 4 aromatic heterocycles. The summed E-state index contributed by atoms with van der Waals surface area (Å²) in [7, 11) is 12.6. The second kappa shape index (κ2) is 44.7. The van der Waals surface area contributed by atoms with Crippen molar-refractivity contribution in [3.8, 4) is 69.3 Å². The second-order valence-corrected chi connectivity index (χ2v) is 26.1. The third kappa shape index (κ3) is 26.0. The predicted molar refractivity (Wildman–Crippen MR) is 472 cm³/mol. The van der Waals surface area contributed by atoms with Gasteiger partial charge in [-0.3, -0.25) is 19.2 Å². The monoisotopic (exact) mass is 1770 g/mol. The Bertz CT molecular complexity index is 5320. The van der Waals surface area contributed by atoms with Crippen molar-refractivity contribution in [2.24, 2.45) is 0 Å². The van der Waals surface area contributed by atoms with Gasteiger partial charge >= 0.3 is 0 Å². The van der Waals surface area contributed by atoms with Gasteiger partial charge in [0.2, 0.25) is 59.2 Å². The van der Waals surface area contributed by atoms with Crippen LogP contribution < -0.4 is 101 Å². The van der Waals surface area contributed by atoms with Gasteiger partial charge in [0, 0.05) is 76.3 Å². The fourth-order valence-corrected chi connectivity index (χ4v) is 11.0. The van der Waals surface area contributed by atoms with Crippen LogP contribution in [0.15, 0.2) is 254 Å². The zero-order chi connectivity index (χ0) is 86.0. The summed E-state index contributed by atoms with van der Waals surface area (Å²) in [5.74, 6) is 7.44. The maximum Gasteiger partial charge on any atom is 0.247 e. The molecule has 10 N–H and O–H groups in total. The molecule has 616 valence electrons. The first-order valence-corrected chi connectivity index (χ1v) is 37.5. The number of methoxy groups -OCH3 is 8. The van der Waals surface area contributed by atoms with Crippen LogP contribution in [0.25, 0.3) is 0 Å². The number of benzene rings is 8. The third-order valence-electron chi connectivity index (χ3n) is 15.9. The van der Waals surface area contributed by atoms with Crippen molar-refractivity contribution in [2.75, 3.05) is 110 Å². The molecule has 0 saturated carbocycles. The van der Waals surface area contributed by atoms with E-state index in [1.165, 1.54) is 30.5 Å². The van der Waals surface area contributed by atoms with Crippen molar-refractivity contribution >= 4 is 159 Å². The smallest absolute Gasteiger partial charge is 0.247 e. The van der Waals surface area contributed by atoms with Crippen LogP contribution >= 0.6 is 43.5 Å². The summed E-state index contributed by atoms with van der Waals surface area (Å²) < 4.78 is 55.6. The number of nitrogens with one attached hydrogen (secondary N) is 10. The van der Waals surface area contributed by atoms with Crippen LogP contribution in [0.3, 0.4) is 0 Å². The van der Waals surface area contributed by atoms with Crippen LogP contribution in [-0.4, -0.2) is 120 Å². The Hall–Kier alpha value is -15.0. The summed E-state index contributed by atoms with van der Waals surface area (Å²) in [4.78, 5) is 80.9. The van der Waals surface area contributed by atoms with Gasteiger partial charge < -0.3 is 101 Å². The molecule has 0 atom stereocenters. The predicted octanol–water partition coefficient (Wildman–Crippen LogP) is 19.0. The molecule has 4 heterocycles. The van der Waals surface area contributed by atoms with Gasteiger partial charge in [-0.15, -0.1) is 0 Å². The third-order valence-corrected chi connectivity index (χ3v) is 17.3. The maximum absolute atomic E-state index is 11.5. The summed E-state index contributed by atoms with van der Waals surface area (Å²) >= 11 is 13.0. The number of hydrogen-bond acceptors (Lipinski definition) is 28. The van der Waals surface area contributed by atoms with Crippen molar-refractivity contribution in [2.45, 2.75) is 6.92 Å². The average Bonchev–Trinajstić information content (AvgIpc) is 0.837. The molecular formula is C85H81Br2ClN18O14. The number of rotatable bonds is 32. The first-order valence-electron chi connectivity index (χ1n) is 35.5. The second-order valence-electron chi connectivity index (χ2n) is 24.0. The number of hydrogen-bond donors (Lipinski definition) is 10. The van der Waals surface area contributed by atoms with Crippen LogP contribution in [0.1, 0.15) is 5.56 Å². The largest absolute Gasteiger partial charge is 0.497 e. The van der Waals surface area contributed by atoms with E-state index in [4.69, 9.17) is 59.0 Å². The van der Waals surface area contributed by atoms with E-state index in [0.29, 0.717) is 147 Å².